The van der Waals surface area contributed by atoms with Crippen LogP contribution in [0.5, 0.6) is 0 Å². The second-order valence-corrected chi connectivity index (χ2v) is 5.53. The Morgan fingerprint density at radius 1 is 1.29 bits per heavy atom. The fourth-order valence-corrected chi connectivity index (χ4v) is 2.89. The van der Waals surface area contributed by atoms with Crippen molar-refractivity contribution in [2.24, 2.45) is 0 Å². The van der Waals surface area contributed by atoms with Crippen LogP contribution < -0.4 is 10.2 Å². The van der Waals surface area contributed by atoms with Crippen LogP contribution in [0, 0.1) is 10.1 Å². The number of non-ortho nitro benzene ring substituents is 1. The van der Waals surface area contributed by atoms with E-state index in [0.29, 0.717) is 6.54 Å². The Bertz CT molecular complexity index is 593. The molecule has 1 aromatic heterocycles. The third-order valence-corrected chi connectivity index (χ3v) is 4.18. The zero-order valence-corrected chi connectivity index (χ0v) is 12.9. The molecular weight excluding hydrogens is 288 g/mol. The minimum atomic E-state index is -0.399. The predicted molar refractivity (Wildman–Crippen MR) is 86.1 cm³/mol. The van der Waals surface area contributed by atoms with Crippen molar-refractivity contribution in [1.82, 2.24) is 4.98 Å². The molecule has 0 aliphatic heterocycles. The minimum Gasteiger partial charge on any atom is -0.380 e. The largest absolute Gasteiger partial charge is 0.380 e. The Morgan fingerprint density at radius 3 is 2.52 bits per heavy atom. The highest BCUT2D eigenvalue weighted by atomic mass is 32.1. The van der Waals surface area contributed by atoms with Crippen molar-refractivity contribution in [1.29, 1.82) is 0 Å². The average Bonchev–Trinajstić information content (AvgIpc) is 2.96. The van der Waals surface area contributed by atoms with Crippen LogP contribution in [0.25, 0.3) is 0 Å². The molecule has 0 amide bonds. The maximum atomic E-state index is 10.6. The number of aromatic nitrogens is 1. The topological polar surface area (TPSA) is 71.3 Å². The fraction of sp³-hybridized carbons (Fsp3) is 0.357. The number of hydrogen-bond donors (Lipinski definition) is 1. The van der Waals surface area contributed by atoms with Gasteiger partial charge in [0.25, 0.3) is 5.69 Å². The van der Waals surface area contributed by atoms with E-state index in [9.17, 15) is 10.1 Å². The first kappa shape index (κ1) is 15.2. The van der Waals surface area contributed by atoms with Crippen molar-refractivity contribution < 1.29 is 4.92 Å². The fourth-order valence-electron chi connectivity index (χ4n) is 1.91. The molecule has 2 rings (SSSR count). The number of nitrogens with one attached hydrogen (secondary N) is 1. The second kappa shape index (κ2) is 7.03. The van der Waals surface area contributed by atoms with Crippen molar-refractivity contribution in [3.05, 3.63) is 45.5 Å². The zero-order valence-electron chi connectivity index (χ0n) is 12.1. The van der Waals surface area contributed by atoms with E-state index in [2.05, 4.69) is 29.0 Å². The number of hydrogen-bond acceptors (Lipinski definition) is 6. The molecule has 0 aliphatic rings. The number of nitro groups is 1. The molecule has 2 aromatic rings. The van der Waals surface area contributed by atoms with Gasteiger partial charge in [-0.25, -0.2) is 4.98 Å². The molecule has 0 spiro atoms. The molecule has 1 aromatic carbocycles. The van der Waals surface area contributed by atoms with Gasteiger partial charge in [0.15, 0.2) is 5.13 Å². The lowest BCUT2D eigenvalue weighted by Gasteiger charge is -2.16. The molecule has 112 valence electrons. The number of nitrogens with zero attached hydrogens (tertiary/aromatic N) is 3. The SMILES string of the molecule is CCN(CC)c1ncc(CNc2ccc([N+](=O)[O-])cc2)s1. The smallest absolute Gasteiger partial charge is 0.269 e. The summed E-state index contributed by atoms with van der Waals surface area (Å²) in [5, 5.41) is 14.9. The molecule has 7 heteroatoms. The predicted octanol–water partition coefficient (Wildman–Crippen LogP) is 3.51. The van der Waals surface area contributed by atoms with Crippen LogP contribution in [0.15, 0.2) is 30.5 Å². The third kappa shape index (κ3) is 3.91. The Hall–Kier alpha value is -2.15. The van der Waals surface area contributed by atoms with Crippen molar-refractivity contribution in [3.63, 3.8) is 0 Å². The van der Waals surface area contributed by atoms with Gasteiger partial charge in [-0.15, -0.1) is 11.3 Å². The van der Waals surface area contributed by atoms with Crippen molar-refractivity contribution >= 4 is 27.8 Å². The van der Waals surface area contributed by atoms with Crippen molar-refractivity contribution in [2.45, 2.75) is 20.4 Å². The molecule has 0 aliphatic carbocycles. The summed E-state index contributed by atoms with van der Waals surface area (Å²) >= 11 is 1.66. The van der Waals surface area contributed by atoms with Gasteiger partial charge in [0.1, 0.15) is 0 Å². The normalized spacial score (nSPS) is 10.4. The number of benzene rings is 1. The second-order valence-electron chi connectivity index (χ2n) is 4.44. The van der Waals surface area contributed by atoms with Gasteiger partial charge in [-0.2, -0.15) is 0 Å². The molecule has 1 heterocycles. The van der Waals surface area contributed by atoms with E-state index in [4.69, 9.17) is 0 Å². The van der Waals surface area contributed by atoms with Crippen LogP contribution in [0.1, 0.15) is 18.7 Å². The lowest BCUT2D eigenvalue weighted by molar-refractivity contribution is -0.384. The molecule has 6 nitrogen and oxygen atoms in total. The van der Waals surface area contributed by atoms with E-state index in [0.717, 1.165) is 28.8 Å². The van der Waals surface area contributed by atoms with Gasteiger partial charge in [0.05, 0.1) is 11.5 Å². The van der Waals surface area contributed by atoms with Crippen molar-refractivity contribution in [2.75, 3.05) is 23.3 Å². The first-order valence-corrected chi connectivity index (χ1v) is 7.63. The molecular formula is C14H18N4O2S. The summed E-state index contributed by atoms with van der Waals surface area (Å²) < 4.78 is 0. The van der Waals surface area contributed by atoms with Crippen LogP contribution in [0.3, 0.4) is 0 Å². The highest BCUT2D eigenvalue weighted by Gasteiger charge is 2.08. The van der Waals surface area contributed by atoms with Crippen LogP contribution in [-0.2, 0) is 6.54 Å². The molecule has 0 atom stereocenters. The van der Waals surface area contributed by atoms with Crippen LogP contribution >= 0.6 is 11.3 Å². The summed E-state index contributed by atoms with van der Waals surface area (Å²) in [7, 11) is 0. The lowest BCUT2D eigenvalue weighted by Crippen LogP contribution is -2.21. The molecule has 0 unspecified atom stereocenters. The lowest BCUT2D eigenvalue weighted by atomic mass is 10.3. The van der Waals surface area contributed by atoms with E-state index in [1.54, 1.807) is 23.5 Å². The van der Waals surface area contributed by atoms with Crippen LogP contribution in [0.4, 0.5) is 16.5 Å². The van der Waals surface area contributed by atoms with E-state index in [1.165, 1.54) is 12.1 Å². The summed E-state index contributed by atoms with van der Waals surface area (Å²) in [5.74, 6) is 0. The monoisotopic (exact) mass is 306 g/mol. The van der Waals surface area contributed by atoms with Gasteiger partial charge in [-0.05, 0) is 26.0 Å². The van der Waals surface area contributed by atoms with Gasteiger partial charge in [-0.1, -0.05) is 0 Å². The summed E-state index contributed by atoms with van der Waals surface area (Å²) in [6.07, 6.45) is 1.87. The zero-order chi connectivity index (χ0) is 15.2. The first-order chi connectivity index (χ1) is 10.1. The molecule has 0 fully saturated rings. The van der Waals surface area contributed by atoms with Gasteiger partial charge in [0, 0.05) is 42.0 Å². The number of nitro benzene ring substituents is 1. The molecule has 0 saturated carbocycles. The summed E-state index contributed by atoms with van der Waals surface area (Å²) in [4.78, 5) is 18.0. The van der Waals surface area contributed by atoms with E-state index < -0.39 is 4.92 Å². The van der Waals surface area contributed by atoms with Gasteiger partial charge in [-0.3, -0.25) is 10.1 Å². The van der Waals surface area contributed by atoms with Crippen LogP contribution in [-0.4, -0.2) is 23.0 Å². The Kier molecular flexibility index (Phi) is 5.10. The average molecular weight is 306 g/mol. The highest BCUT2D eigenvalue weighted by molar-refractivity contribution is 7.15. The third-order valence-electron chi connectivity index (χ3n) is 3.12. The van der Waals surface area contributed by atoms with Crippen molar-refractivity contribution in [3.8, 4) is 0 Å². The minimum absolute atomic E-state index is 0.0992. The van der Waals surface area contributed by atoms with Gasteiger partial charge in [0.2, 0.25) is 0 Å². The molecule has 1 N–H and O–H groups in total. The van der Waals surface area contributed by atoms with Gasteiger partial charge < -0.3 is 10.2 Å². The molecule has 0 saturated heterocycles. The Labute approximate surface area is 127 Å². The Balaban J connectivity index is 1.95. The van der Waals surface area contributed by atoms with Gasteiger partial charge >= 0.3 is 0 Å². The molecule has 0 bridgehead atoms. The van der Waals surface area contributed by atoms with E-state index >= 15 is 0 Å². The number of rotatable bonds is 7. The molecule has 21 heavy (non-hydrogen) atoms. The number of anilines is 2. The summed E-state index contributed by atoms with van der Waals surface area (Å²) in [6.45, 7) is 6.77. The first-order valence-electron chi connectivity index (χ1n) is 6.82. The standard InChI is InChI=1S/C14H18N4O2S/c1-3-17(4-2)14-16-10-13(21-14)9-15-11-5-7-12(8-6-11)18(19)20/h5-8,10,15H,3-4,9H2,1-2H3. The Morgan fingerprint density at radius 2 is 1.95 bits per heavy atom. The molecule has 0 radical (unpaired) electrons. The summed E-state index contributed by atoms with van der Waals surface area (Å²) in [6, 6.07) is 6.42. The number of thiazole rings is 1. The van der Waals surface area contributed by atoms with E-state index in [-0.39, 0.29) is 5.69 Å². The van der Waals surface area contributed by atoms with E-state index in [1.807, 2.05) is 6.20 Å². The quantitative estimate of drug-likeness (QED) is 0.626. The maximum Gasteiger partial charge on any atom is 0.269 e. The maximum absolute atomic E-state index is 10.6. The van der Waals surface area contributed by atoms with Crippen LogP contribution in [0.2, 0.25) is 0 Å². The summed E-state index contributed by atoms with van der Waals surface area (Å²) in [5.41, 5.74) is 0.959. The highest BCUT2D eigenvalue weighted by Crippen LogP contribution is 2.23.